The van der Waals surface area contributed by atoms with E-state index in [1.54, 1.807) is 0 Å². The molecule has 19 heavy (non-hydrogen) atoms. The number of aliphatic hydroxyl groups excluding tert-OH is 3. The zero-order valence-electron chi connectivity index (χ0n) is 11.0. The molecule has 6 N–H and O–H groups in total. The van der Waals surface area contributed by atoms with Gasteiger partial charge in [0.15, 0.2) is 5.82 Å². The van der Waals surface area contributed by atoms with Gasteiger partial charge in [0, 0.05) is 0 Å². The summed E-state index contributed by atoms with van der Waals surface area (Å²) in [7, 11) is 0. The Morgan fingerprint density at radius 3 is 2.32 bits per heavy atom. The highest BCUT2D eigenvalue weighted by Gasteiger charge is 2.29. The molecule has 0 saturated carbocycles. The quantitative estimate of drug-likeness (QED) is 0.425. The van der Waals surface area contributed by atoms with Gasteiger partial charge in [-0.1, -0.05) is 0 Å². The van der Waals surface area contributed by atoms with Gasteiger partial charge in [0.1, 0.15) is 17.6 Å². The number of nitrogens with zero attached hydrogens (tertiary/aromatic N) is 2. The number of ether oxygens (including phenoxy) is 1. The molecule has 108 valence electrons. The number of nitrogen functional groups attached to an aromatic ring is 1. The number of anilines is 2. The standard InChI is InChI=1S/C11H20N4O4/c1-7(2)19-10-8(12)9(13-6-14-10)15-11(3-16,4-17)5-18/h6-7,16-18H,3-5,12H2,1-2H3,(H,13,14,15). The Bertz CT molecular complexity index is 401. The highest BCUT2D eigenvalue weighted by molar-refractivity contribution is 5.67. The first-order chi connectivity index (χ1) is 8.98. The molecule has 0 atom stereocenters. The second-order valence-electron chi connectivity index (χ2n) is 4.49. The maximum Gasteiger partial charge on any atom is 0.242 e. The minimum Gasteiger partial charge on any atom is -0.473 e. The minimum atomic E-state index is -1.31. The van der Waals surface area contributed by atoms with Crippen LogP contribution in [0.25, 0.3) is 0 Å². The van der Waals surface area contributed by atoms with Crippen LogP contribution in [0.15, 0.2) is 6.33 Å². The van der Waals surface area contributed by atoms with E-state index in [9.17, 15) is 15.3 Å². The van der Waals surface area contributed by atoms with E-state index in [2.05, 4.69) is 15.3 Å². The number of aliphatic hydroxyl groups is 3. The molecule has 1 aromatic heterocycles. The molecule has 0 fully saturated rings. The van der Waals surface area contributed by atoms with Crippen molar-refractivity contribution in [3.05, 3.63) is 6.33 Å². The summed E-state index contributed by atoms with van der Waals surface area (Å²) in [5.41, 5.74) is 4.69. The molecule has 0 aliphatic heterocycles. The number of rotatable bonds is 7. The first kappa shape index (κ1) is 15.4. The van der Waals surface area contributed by atoms with E-state index in [1.165, 1.54) is 6.33 Å². The van der Waals surface area contributed by atoms with Gasteiger partial charge in [-0.3, -0.25) is 0 Å². The Kier molecular flexibility index (Phi) is 5.28. The molecule has 0 aliphatic carbocycles. The van der Waals surface area contributed by atoms with Crippen molar-refractivity contribution in [2.24, 2.45) is 0 Å². The van der Waals surface area contributed by atoms with Gasteiger partial charge in [0.25, 0.3) is 0 Å². The average Bonchev–Trinajstić information content (AvgIpc) is 2.40. The SMILES string of the molecule is CC(C)Oc1ncnc(NC(CO)(CO)CO)c1N. The average molecular weight is 272 g/mol. The molecular weight excluding hydrogens is 252 g/mol. The molecule has 1 heterocycles. The highest BCUT2D eigenvalue weighted by Crippen LogP contribution is 2.27. The topological polar surface area (TPSA) is 134 Å². The summed E-state index contributed by atoms with van der Waals surface area (Å²) < 4.78 is 5.40. The fourth-order valence-corrected chi connectivity index (χ4v) is 1.32. The molecule has 0 aromatic carbocycles. The predicted molar refractivity (Wildman–Crippen MR) is 69.8 cm³/mol. The van der Waals surface area contributed by atoms with Crippen LogP contribution in [-0.2, 0) is 0 Å². The highest BCUT2D eigenvalue weighted by atomic mass is 16.5. The fourth-order valence-electron chi connectivity index (χ4n) is 1.32. The van der Waals surface area contributed by atoms with Crippen LogP contribution in [0.5, 0.6) is 5.88 Å². The third-order valence-corrected chi connectivity index (χ3v) is 2.49. The van der Waals surface area contributed by atoms with Crippen molar-refractivity contribution in [1.82, 2.24) is 9.97 Å². The molecule has 0 radical (unpaired) electrons. The van der Waals surface area contributed by atoms with E-state index in [1.807, 2.05) is 13.8 Å². The second-order valence-corrected chi connectivity index (χ2v) is 4.49. The Morgan fingerprint density at radius 1 is 1.26 bits per heavy atom. The molecule has 0 saturated heterocycles. The number of nitrogens with two attached hydrogens (primary N) is 1. The van der Waals surface area contributed by atoms with Crippen molar-refractivity contribution in [1.29, 1.82) is 0 Å². The van der Waals surface area contributed by atoms with E-state index in [0.29, 0.717) is 0 Å². The number of aromatic nitrogens is 2. The minimum absolute atomic E-state index is 0.108. The molecule has 8 nitrogen and oxygen atoms in total. The lowest BCUT2D eigenvalue weighted by molar-refractivity contribution is 0.0831. The fraction of sp³-hybridized carbons (Fsp3) is 0.636. The van der Waals surface area contributed by atoms with Gasteiger partial charge in [0.2, 0.25) is 5.88 Å². The third-order valence-electron chi connectivity index (χ3n) is 2.49. The molecule has 0 spiro atoms. The van der Waals surface area contributed by atoms with Crippen molar-refractivity contribution in [3.8, 4) is 5.88 Å². The largest absolute Gasteiger partial charge is 0.473 e. The van der Waals surface area contributed by atoms with Crippen molar-refractivity contribution < 1.29 is 20.1 Å². The smallest absolute Gasteiger partial charge is 0.242 e. The zero-order chi connectivity index (χ0) is 14.5. The van der Waals surface area contributed by atoms with Crippen LogP contribution in [-0.4, -0.2) is 56.8 Å². The second kappa shape index (κ2) is 6.50. The van der Waals surface area contributed by atoms with E-state index in [4.69, 9.17) is 10.5 Å². The van der Waals surface area contributed by atoms with Crippen LogP contribution in [0.3, 0.4) is 0 Å². The van der Waals surface area contributed by atoms with E-state index in [-0.39, 0.29) is 23.5 Å². The van der Waals surface area contributed by atoms with Gasteiger partial charge in [-0.05, 0) is 13.8 Å². The van der Waals surface area contributed by atoms with Crippen molar-refractivity contribution >= 4 is 11.5 Å². The lowest BCUT2D eigenvalue weighted by Gasteiger charge is -2.29. The normalized spacial score (nSPS) is 11.7. The zero-order valence-corrected chi connectivity index (χ0v) is 11.0. The number of hydrogen-bond acceptors (Lipinski definition) is 8. The Morgan fingerprint density at radius 2 is 1.84 bits per heavy atom. The van der Waals surface area contributed by atoms with Crippen LogP contribution >= 0.6 is 0 Å². The Labute approximate surface area is 111 Å². The molecule has 1 aromatic rings. The molecule has 1 rings (SSSR count). The van der Waals surface area contributed by atoms with Crippen LogP contribution < -0.4 is 15.8 Å². The first-order valence-corrected chi connectivity index (χ1v) is 5.86. The molecule has 8 heteroatoms. The summed E-state index contributed by atoms with van der Waals surface area (Å²) in [6.45, 7) is 2.21. The van der Waals surface area contributed by atoms with Crippen LogP contribution in [0.4, 0.5) is 11.5 Å². The van der Waals surface area contributed by atoms with Crippen molar-refractivity contribution in [3.63, 3.8) is 0 Å². The van der Waals surface area contributed by atoms with Crippen molar-refractivity contribution in [2.45, 2.75) is 25.5 Å². The Balaban J connectivity index is 3.01. The van der Waals surface area contributed by atoms with Gasteiger partial charge in [-0.25, -0.2) is 4.98 Å². The van der Waals surface area contributed by atoms with E-state index in [0.717, 1.165) is 0 Å². The van der Waals surface area contributed by atoms with Gasteiger partial charge in [-0.15, -0.1) is 0 Å². The maximum absolute atomic E-state index is 9.25. The molecule has 0 unspecified atom stereocenters. The molecule has 0 bridgehead atoms. The van der Waals surface area contributed by atoms with Crippen LogP contribution in [0, 0.1) is 0 Å². The molecule has 0 amide bonds. The lowest BCUT2D eigenvalue weighted by Crippen LogP contribution is -2.49. The van der Waals surface area contributed by atoms with E-state index < -0.39 is 25.4 Å². The first-order valence-electron chi connectivity index (χ1n) is 5.86. The Hall–Kier alpha value is -1.64. The van der Waals surface area contributed by atoms with Gasteiger partial charge in [0.05, 0.1) is 25.9 Å². The summed E-state index contributed by atoms with van der Waals surface area (Å²) in [6, 6.07) is 0. The van der Waals surface area contributed by atoms with Gasteiger partial charge in [-0.2, -0.15) is 4.98 Å². The summed E-state index contributed by atoms with van der Waals surface area (Å²) in [6.07, 6.45) is 1.14. The third kappa shape index (κ3) is 3.66. The molecule has 0 aliphatic rings. The van der Waals surface area contributed by atoms with E-state index >= 15 is 0 Å². The monoisotopic (exact) mass is 272 g/mol. The van der Waals surface area contributed by atoms with Crippen LogP contribution in [0.2, 0.25) is 0 Å². The van der Waals surface area contributed by atoms with Gasteiger partial charge >= 0.3 is 0 Å². The van der Waals surface area contributed by atoms with Gasteiger partial charge < -0.3 is 31.1 Å². The number of nitrogens with one attached hydrogen (secondary N) is 1. The maximum atomic E-state index is 9.25. The summed E-state index contributed by atoms with van der Waals surface area (Å²) in [5.74, 6) is 0.387. The lowest BCUT2D eigenvalue weighted by atomic mass is 10.0. The van der Waals surface area contributed by atoms with Crippen molar-refractivity contribution in [2.75, 3.05) is 30.9 Å². The summed E-state index contributed by atoms with van der Waals surface area (Å²) >= 11 is 0. The number of hydrogen-bond donors (Lipinski definition) is 5. The van der Waals surface area contributed by atoms with Crippen LogP contribution in [0.1, 0.15) is 13.8 Å². The summed E-state index contributed by atoms with van der Waals surface area (Å²) in [4.78, 5) is 7.82. The molecular formula is C11H20N4O4. The summed E-state index contributed by atoms with van der Waals surface area (Å²) in [5, 5.41) is 30.5. The predicted octanol–water partition coefficient (Wildman–Crippen LogP) is -1.03.